The van der Waals surface area contributed by atoms with Crippen LogP contribution < -0.4 is 0 Å². The van der Waals surface area contributed by atoms with Crippen molar-refractivity contribution >= 4 is 6.08 Å². The van der Waals surface area contributed by atoms with E-state index in [2.05, 4.69) is 63.7 Å². The fraction of sp³-hybridized carbons (Fsp3) is 0.167. The molecule has 0 bridgehead atoms. The Balaban J connectivity index is 2.46. The number of benzene rings is 2. The summed E-state index contributed by atoms with van der Waals surface area (Å²) in [5.74, 6) is 0. The van der Waals surface area contributed by atoms with E-state index in [0.717, 1.165) is 12.0 Å². The van der Waals surface area contributed by atoms with Crippen LogP contribution in [0.1, 0.15) is 33.4 Å². The van der Waals surface area contributed by atoms with Gasteiger partial charge in [0.1, 0.15) is 0 Å². The van der Waals surface area contributed by atoms with Gasteiger partial charge in [0.15, 0.2) is 0 Å². The highest BCUT2D eigenvalue weighted by Gasteiger charge is 2.07. The highest BCUT2D eigenvalue weighted by molar-refractivity contribution is 5.54. The molecule has 0 heterocycles. The molecule has 0 fully saturated rings. The number of hydrogen-bond donors (Lipinski definition) is 0. The van der Waals surface area contributed by atoms with Gasteiger partial charge < -0.3 is 0 Å². The second-order valence-electron chi connectivity index (χ2n) is 4.72. The lowest BCUT2D eigenvalue weighted by atomic mass is 9.91. The van der Waals surface area contributed by atoms with Gasteiger partial charge in [-0.05, 0) is 60.6 Å². The monoisotopic (exact) mass is 235 g/mol. The Kier molecular flexibility index (Phi) is 3.66. The molecule has 2 aromatic carbocycles. The minimum absolute atomic E-state index is 0.925. The topological polar surface area (TPSA) is 0 Å². The fourth-order valence-corrected chi connectivity index (χ4v) is 2.26. The summed E-state index contributed by atoms with van der Waals surface area (Å²) in [5, 5.41) is 0. The van der Waals surface area contributed by atoms with E-state index in [1.807, 2.05) is 6.08 Å². The molecule has 0 aliphatic rings. The summed E-state index contributed by atoms with van der Waals surface area (Å²) >= 11 is 0. The van der Waals surface area contributed by atoms with Gasteiger partial charge in [-0.3, -0.25) is 0 Å². The van der Waals surface area contributed by atoms with Crippen LogP contribution in [0, 0.1) is 20.8 Å². The van der Waals surface area contributed by atoms with Crippen LogP contribution in [-0.2, 0) is 6.42 Å². The van der Waals surface area contributed by atoms with Crippen molar-refractivity contribution in [1.29, 1.82) is 0 Å². The zero-order valence-electron chi connectivity index (χ0n) is 11.2. The number of hydrogen-bond acceptors (Lipinski definition) is 0. The van der Waals surface area contributed by atoms with E-state index in [4.69, 9.17) is 0 Å². The van der Waals surface area contributed by atoms with Gasteiger partial charge in [0.2, 0.25) is 0 Å². The Bertz CT molecular complexity index is 577. The summed E-state index contributed by atoms with van der Waals surface area (Å²) in [6, 6.07) is 12.6. The molecule has 0 aliphatic carbocycles. The van der Waals surface area contributed by atoms with Crippen LogP contribution in [0.4, 0.5) is 0 Å². The second-order valence-corrected chi connectivity index (χ2v) is 4.72. The first-order valence-electron chi connectivity index (χ1n) is 6.25. The van der Waals surface area contributed by atoms with Crippen LogP contribution in [-0.4, -0.2) is 0 Å². The molecule has 0 saturated carbocycles. The predicted octanol–water partition coefficient (Wildman–Crippen LogP) is 4.72. The number of aryl methyl sites for hydroxylation is 1. The quantitative estimate of drug-likeness (QED) is 0.722. The minimum Gasteiger partial charge on any atom is -0.0985 e. The Labute approximate surface area is 110 Å². The molecule has 0 spiro atoms. The summed E-state index contributed by atoms with van der Waals surface area (Å²) in [4.78, 5) is 0. The van der Waals surface area contributed by atoms with E-state index in [-0.39, 0.29) is 0 Å². The predicted molar refractivity (Wildman–Crippen MR) is 79.7 cm³/mol. The molecule has 2 aromatic rings. The molecule has 18 heavy (non-hydrogen) atoms. The molecule has 0 N–H and O–H groups in total. The van der Waals surface area contributed by atoms with Crippen molar-refractivity contribution < 1.29 is 0 Å². The first kappa shape index (κ1) is 12.6. The van der Waals surface area contributed by atoms with Crippen LogP contribution in [0.3, 0.4) is 0 Å². The van der Waals surface area contributed by atoms with Crippen molar-refractivity contribution in [3.63, 3.8) is 0 Å². The smallest absolute Gasteiger partial charge is 0.00144 e. The van der Waals surface area contributed by atoms with Gasteiger partial charge in [0.25, 0.3) is 0 Å². The maximum atomic E-state index is 4.15. The molecule has 91 valence electrons. The third-order valence-corrected chi connectivity index (χ3v) is 3.61. The van der Waals surface area contributed by atoms with Gasteiger partial charge in [0.05, 0.1) is 0 Å². The van der Waals surface area contributed by atoms with Crippen molar-refractivity contribution in [3.8, 4) is 0 Å². The molecule has 0 heteroatoms. The number of rotatable bonds is 3. The van der Waals surface area contributed by atoms with Gasteiger partial charge in [-0.2, -0.15) is 0 Å². The van der Waals surface area contributed by atoms with Crippen molar-refractivity contribution in [2.24, 2.45) is 0 Å². The van der Waals surface area contributed by atoms with E-state index >= 15 is 0 Å². The van der Waals surface area contributed by atoms with Crippen molar-refractivity contribution in [1.82, 2.24) is 0 Å². The van der Waals surface area contributed by atoms with Gasteiger partial charge in [-0.15, -0.1) is 0 Å². The lowest BCUT2D eigenvalue weighted by Gasteiger charge is -2.14. The zero-order chi connectivity index (χ0) is 13.1. The summed E-state index contributed by atoms with van der Waals surface area (Å²) in [6.07, 6.45) is 2.85. The first-order chi connectivity index (χ1) is 8.63. The Morgan fingerprint density at radius 3 is 2.50 bits per heavy atom. The first-order valence-corrected chi connectivity index (χ1v) is 6.25. The molecule has 0 aromatic heterocycles. The van der Waals surface area contributed by atoms with Gasteiger partial charge in [0, 0.05) is 0 Å². The summed E-state index contributed by atoms with van der Waals surface area (Å²) in [7, 11) is 0. The van der Waals surface area contributed by atoms with E-state index < -0.39 is 0 Å². The lowest BCUT2D eigenvalue weighted by molar-refractivity contribution is 1.12. The molecule has 0 saturated heterocycles. The maximum absolute atomic E-state index is 4.15. The summed E-state index contributed by atoms with van der Waals surface area (Å²) in [5.41, 5.74) is 7.65. The molecule has 0 aliphatic heterocycles. The average molecular weight is 235 g/mol. The van der Waals surface area contributed by atoms with Crippen LogP contribution in [0.15, 0.2) is 43.0 Å². The van der Waals surface area contributed by atoms with Crippen LogP contribution in [0.5, 0.6) is 0 Å². The third kappa shape index (κ3) is 2.38. The molecule has 0 nitrogen and oxygen atoms in total. The highest BCUT2D eigenvalue weighted by Crippen LogP contribution is 2.23. The van der Waals surface area contributed by atoms with Crippen molar-refractivity contribution in [2.75, 3.05) is 0 Å². The van der Waals surface area contributed by atoms with Crippen molar-refractivity contribution in [3.05, 3.63) is 83.3 Å². The molecule has 0 atom stereocenters. The molecule has 1 radical (unpaired) electrons. The Hall–Kier alpha value is -1.82. The SMILES string of the molecule is [CH2]c1ccc(C)c(C)c1Cc1ccccc1C=C. The Morgan fingerprint density at radius 1 is 1.06 bits per heavy atom. The lowest BCUT2D eigenvalue weighted by Crippen LogP contribution is -1.99. The maximum Gasteiger partial charge on any atom is -0.00144 e. The normalized spacial score (nSPS) is 10.4. The van der Waals surface area contributed by atoms with Gasteiger partial charge >= 0.3 is 0 Å². The van der Waals surface area contributed by atoms with Gasteiger partial charge in [-0.25, -0.2) is 0 Å². The van der Waals surface area contributed by atoms with Crippen LogP contribution in [0.25, 0.3) is 6.08 Å². The minimum atomic E-state index is 0.925. The standard InChI is InChI=1S/C18H19/c1-5-16-8-6-7-9-17(16)12-18-14(3)11-10-13(2)15(18)4/h5-11H,1,3,12H2,2,4H3. The third-order valence-electron chi connectivity index (χ3n) is 3.61. The molecule has 0 amide bonds. The average Bonchev–Trinajstić information content (AvgIpc) is 2.39. The van der Waals surface area contributed by atoms with Crippen molar-refractivity contribution in [2.45, 2.75) is 20.3 Å². The molecule has 0 unspecified atom stereocenters. The van der Waals surface area contributed by atoms with Crippen LogP contribution in [0.2, 0.25) is 0 Å². The molecular weight excluding hydrogens is 216 g/mol. The largest absolute Gasteiger partial charge is 0.0985 e. The van der Waals surface area contributed by atoms with E-state index in [0.29, 0.717) is 0 Å². The second kappa shape index (κ2) is 5.22. The highest BCUT2D eigenvalue weighted by atomic mass is 14.1. The van der Waals surface area contributed by atoms with E-state index in [1.54, 1.807) is 0 Å². The molecule has 2 rings (SSSR count). The van der Waals surface area contributed by atoms with Crippen LogP contribution >= 0.6 is 0 Å². The molecular formula is C18H19. The summed E-state index contributed by atoms with van der Waals surface area (Å²) < 4.78 is 0. The summed E-state index contributed by atoms with van der Waals surface area (Å²) in [6.45, 7) is 12.4. The zero-order valence-corrected chi connectivity index (χ0v) is 11.2. The van der Waals surface area contributed by atoms with E-state index in [9.17, 15) is 0 Å². The Morgan fingerprint density at radius 2 is 1.78 bits per heavy atom. The van der Waals surface area contributed by atoms with Gasteiger partial charge in [-0.1, -0.05) is 49.1 Å². The van der Waals surface area contributed by atoms with E-state index in [1.165, 1.54) is 27.8 Å². The fourth-order valence-electron chi connectivity index (χ4n) is 2.26.